The number of nitrogens with zero attached hydrogens (tertiary/aromatic N) is 2. The Balaban J connectivity index is 0.00000242. The molecule has 7 heteroatoms. The summed E-state index contributed by atoms with van der Waals surface area (Å²) in [6.07, 6.45) is 3.78. The van der Waals surface area contributed by atoms with E-state index in [0.29, 0.717) is 18.4 Å². The van der Waals surface area contributed by atoms with Crippen molar-refractivity contribution in [2.45, 2.75) is 32.6 Å². The quantitative estimate of drug-likeness (QED) is 0.396. The number of amides is 1. The first-order valence-corrected chi connectivity index (χ1v) is 7.99. The van der Waals surface area contributed by atoms with Crippen molar-refractivity contribution in [3.63, 3.8) is 0 Å². The summed E-state index contributed by atoms with van der Waals surface area (Å²) in [6.45, 7) is 7.22. The summed E-state index contributed by atoms with van der Waals surface area (Å²) in [6, 6.07) is 0. The van der Waals surface area contributed by atoms with Gasteiger partial charge < -0.3 is 20.3 Å². The second-order valence-corrected chi connectivity index (χ2v) is 6.05. The molecule has 128 valence electrons. The predicted molar refractivity (Wildman–Crippen MR) is 98.8 cm³/mol. The van der Waals surface area contributed by atoms with E-state index in [2.05, 4.69) is 27.4 Å². The van der Waals surface area contributed by atoms with E-state index in [9.17, 15) is 4.79 Å². The number of hydrogen-bond acceptors (Lipinski definition) is 3. The van der Waals surface area contributed by atoms with Crippen molar-refractivity contribution >= 4 is 35.8 Å². The fraction of sp³-hybridized carbons (Fsp3) is 0.867. The Morgan fingerprint density at radius 2 is 2.14 bits per heavy atom. The van der Waals surface area contributed by atoms with Crippen molar-refractivity contribution in [3.05, 3.63) is 0 Å². The molecule has 1 atom stereocenters. The van der Waals surface area contributed by atoms with E-state index in [4.69, 9.17) is 4.74 Å². The molecule has 2 aliphatic heterocycles. The lowest BCUT2D eigenvalue weighted by molar-refractivity contribution is -0.120. The molecule has 0 aromatic heterocycles. The van der Waals surface area contributed by atoms with Gasteiger partial charge in [-0.15, -0.1) is 24.0 Å². The third-order valence-corrected chi connectivity index (χ3v) is 4.34. The largest absolute Gasteiger partial charge is 0.381 e. The Bertz CT molecular complexity index is 384. The lowest BCUT2D eigenvalue weighted by Gasteiger charge is -2.24. The van der Waals surface area contributed by atoms with Gasteiger partial charge in [-0.1, -0.05) is 6.92 Å². The number of likely N-dealkylation sites (tertiary alicyclic amines) is 1. The summed E-state index contributed by atoms with van der Waals surface area (Å²) < 4.78 is 5.55. The van der Waals surface area contributed by atoms with Gasteiger partial charge in [-0.2, -0.15) is 0 Å². The van der Waals surface area contributed by atoms with Gasteiger partial charge in [0.05, 0.1) is 6.61 Å². The zero-order valence-corrected chi connectivity index (χ0v) is 16.0. The third-order valence-electron chi connectivity index (χ3n) is 4.34. The summed E-state index contributed by atoms with van der Waals surface area (Å²) in [5, 5.41) is 6.18. The molecule has 2 aliphatic rings. The Morgan fingerprint density at radius 3 is 2.77 bits per heavy atom. The van der Waals surface area contributed by atoms with Crippen molar-refractivity contribution in [1.82, 2.24) is 15.5 Å². The first-order chi connectivity index (χ1) is 10.2. The molecule has 0 aromatic rings. The molecule has 0 aromatic carbocycles. The van der Waals surface area contributed by atoms with E-state index < -0.39 is 0 Å². The standard InChI is InChI=1S/C15H28N4O2.HI/c1-3-7-17-13(20)4-8-18-14(16-2)19-9-5-15(11-19)6-10-21-12-15;/h3-12H2,1-2H3,(H,16,18)(H,17,20);1H. The second kappa shape index (κ2) is 9.54. The van der Waals surface area contributed by atoms with Crippen molar-refractivity contribution in [2.75, 3.05) is 46.4 Å². The van der Waals surface area contributed by atoms with Crippen LogP contribution in [0.4, 0.5) is 0 Å². The Kier molecular flexibility index (Phi) is 8.45. The maximum atomic E-state index is 11.6. The molecule has 0 bridgehead atoms. The molecule has 0 radical (unpaired) electrons. The fourth-order valence-corrected chi connectivity index (χ4v) is 3.06. The van der Waals surface area contributed by atoms with E-state index in [-0.39, 0.29) is 29.9 Å². The fourth-order valence-electron chi connectivity index (χ4n) is 3.06. The van der Waals surface area contributed by atoms with E-state index in [1.165, 1.54) is 6.42 Å². The van der Waals surface area contributed by atoms with Gasteiger partial charge in [-0.25, -0.2) is 0 Å². The van der Waals surface area contributed by atoms with Crippen molar-refractivity contribution in [1.29, 1.82) is 0 Å². The summed E-state index contributed by atoms with van der Waals surface area (Å²) >= 11 is 0. The SMILES string of the molecule is CCCNC(=O)CCNC(=NC)N1CCC2(CCOC2)C1.I. The van der Waals surface area contributed by atoms with Gasteiger partial charge in [0, 0.05) is 51.7 Å². The van der Waals surface area contributed by atoms with Crippen LogP contribution in [0.3, 0.4) is 0 Å². The number of carbonyl (C=O) groups excluding carboxylic acids is 1. The number of guanidine groups is 1. The van der Waals surface area contributed by atoms with E-state index in [0.717, 1.165) is 51.6 Å². The predicted octanol–water partition coefficient (Wildman–Crippen LogP) is 1.21. The first-order valence-electron chi connectivity index (χ1n) is 7.99. The van der Waals surface area contributed by atoms with Gasteiger partial charge in [0.25, 0.3) is 0 Å². The van der Waals surface area contributed by atoms with Crippen LogP contribution in [0.15, 0.2) is 4.99 Å². The highest BCUT2D eigenvalue weighted by Gasteiger charge is 2.42. The van der Waals surface area contributed by atoms with Crippen LogP contribution in [-0.4, -0.2) is 63.2 Å². The van der Waals surface area contributed by atoms with Crippen molar-refractivity contribution in [3.8, 4) is 0 Å². The highest BCUT2D eigenvalue weighted by Crippen LogP contribution is 2.38. The number of hydrogen-bond donors (Lipinski definition) is 2. The Labute approximate surface area is 150 Å². The van der Waals surface area contributed by atoms with Gasteiger partial charge >= 0.3 is 0 Å². The molecule has 1 spiro atoms. The number of ether oxygens (including phenoxy) is 1. The lowest BCUT2D eigenvalue weighted by Crippen LogP contribution is -2.42. The van der Waals surface area contributed by atoms with Gasteiger partial charge in [-0.05, 0) is 19.3 Å². The van der Waals surface area contributed by atoms with Gasteiger partial charge in [0.15, 0.2) is 5.96 Å². The van der Waals surface area contributed by atoms with Crippen LogP contribution in [-0.2, 0) is 9.53 Å². The van der Waals surface area contributed by atoms with Crippen LogP contribution in [0.25, 0.3) is 0 Å². The Hall–Kier alpha value is -0.570. The zero-order chi connectivity index (χ0) is 15.1. The van der Waals surface area contributed by atoms with Gasteiger partial charge in [0.1, 0.15) is 0 Å². The zero-order valence-electron chi connectivity index (χ0n) is 13.7. The molecule has 2 rings (SSSR count). The van der Waals surface area contributed by atoms with E-state index >= 15 is 0 Å². The molecule has 22 heavy (non-hydrogen) atoms. The summed E-state index contributed by atoms with van der Waals surface area (Å²) in [5.74, 6) is 1.00. The van der Waals surface area contributed by atoms with Crippen LogP contribution in [0, 0.1) is 5.41 Å². The maximum absolute atomic E-state index is 11.6. The van der Waals surface area contributed by atoms with Crippen LogP contribution >= 0.6 is 24.0 Å². The van der Waals surface area contributed by atoms with Crippen LogP contribution in [0.2, 0.25) is 0 Å². The molecule has 0 aliphatic carbocycles. The second-order valence-electron chi connectivity index (χ2n) is 6.05. The molecule has 1 amide bonds. The molecule has 6 nitrogen and oxygen atoms in total. The molecule has 2 fully saturated rings. The summed E-state index contributed by atoms with van der Waals surface area (Å²) in [5.41, 5.74) is 0.329. The topological polar surface area (TPSA) is 66.0 Å². The number of carbonyl (C=O) groups is 1. The Morgan fingerprint density at radius 1 is 1.32 bits per heavy atom. The minimum Gasteiger partial charge on any atom is -0.381 e. The normalized spacial score (nSPS) is 24.5. The summed E-state index contributed by atoms with van der Waals surface area (Å²) in [4.78, 5) is 18.2. The highest BCUT2D eigenvalue weighted by molar-refractivity contribution is 14.0. The number of nitrogens with one attached hydrogen (secondary N) is 2. The third kappa shape index (κ3) is 5.26. The molecule has 2 heterocycles. The van der Waals surface area contributed by atoms with E-state index in [1.54, 1.807) is 7.05 Å². The maximum Gasteiger partial charge on any atom is 0.221 e. The molecule has 2 N–H and O–H groups in total. The summed E-state index contributed by atoms with van der Waals surface area (Å²) in [7, 11) is 1.80. The molecular weight excluding hydrogens is 395 g/mol. The highest BCUT2D eigenvalue weighted by atomic mass is 127. The molecule has 2 saturated heterocycles. The molecule has 1 unspecified atom stereocenters. The van der Waals surface area contributed by atoms with Crippen molar-refractivity contribution in [2.24, 2.45) is 10.4 Å². The monoisotopic (exact) mass is 424 g/mol. The average Bonchev–Trinajstić information content (AvgIpc) is 3.12. The minimum absolute atomic E-state index is 0. The van der Waals surface area contributed by atoms with E-state index in [1.807, 2.05) is 0 Å². The smallest absolute Gasteiger partial charge is 0.221 e. The molecular formula is C15H29IN4O2. The number of aliphatic imine (C=N–C) groups is 1. The minimum atomic E-state index is 0. The van der Waals surface area contributed by atoms with Crippen LogP contribution in [0.1, 0.15) is 32.6 Å². The van der Waals surface area contributed by atoms with Crippen molar-refractivity contribution < 1.29 is 9.53 Å². The molecule has 0 saturated carbocycles. The van der Waals surface area contributed by atoms with Crippen LogP contribution < -0.4 is 10.6 Å². The van der Waals surface area contributed by atoms with Gasteiger partial charge in [0.2, 0.25) is 5.91 Å². The average molecular weight is 424 g/mol. The lowest BCUT2D eigenvalue weighted by atomic mass is 9.87. The van der Waals surface area contributed by atoms with Crippen LogP contribution in [0.5, 0.6) is 0 Å². The number of halogens is 1. The number of rotatable bonds is 5. The van der Waals surface area contributed by atoms with Gasteiger partial charge in [-0.3, -0.25) is 9.79 Å². The first kappa shape index (κ1) is 19.5.